The normalized spacial score (nSPS) is 10.8. The minimum Gasteiger partial charge on any atom is -0.267 e. The fourth-order valence-corrected chi connectivity index (χ4v) is 1.80. The highest BCUT2D eigenvalue weighted by Crippen LogP contribution is 2.25. The van der Waals surface area contributed by atoms with Gasteiger partial charge in [-0.2, -0.15) is 5.10 Å². The van der Waals surface area contributed by atoms with Crippen molar-refractivity contribution in [3.05, 3.63) is 48.7 Å². The fourth-order valence-electron chi connectivity index (χ4n) is 1.80. The van der Waals surface area contributed by atoms with Gasteiger partial charge < -0.3 is 0 Å². The van der Waals surface area contributed by atoms with Crippen LogP contribution >= 0.6 is 0 Å². The molecule has 0 fully saturated rings. The third-order valence-electron chi connectivity index (χ3n) is 2.98. The number of hydrogen-bond acceptors (Lipinski definition) is 1. The number of nitrogens with zero attached hydrogens (tertiary/aromatic N) is 2. The molecule has 0 aliphatic rings. The van der Waals surface area contributed by atoms with Gasteiger partial charge in [0.15, 0.2) is 0 Å². The van der Waals surface area contributed by atoms with Crippen LogP contribution in [0.25, 0.3) is 16.8 Å². The lowest BCUT2D eigenvalue weighted by molar-refractivity contribution is 0.760. The Labute approximate surface area is 103 Å². The van der Waals surface area contributed by atoms with Crippen LogP contribution in [0.15, 0.2) is 43.0 Å². The molecule has 0 amide bonds. The second kappa shape index (κ2) is 4.58. The van der Waals surface area contributed by atoms with Gasteiger partial charge in [0.1, 0.15) is 0 Å². The summed E-state index contributed by atoms with van der Waals surface area (Å²) in [6.45, 7) is 8.37. The molecular formula is C15H18N2. The zero-order valence-corrected chi connectivity index (χ0v) is 10.6. The molecule has 0 spiro atoms. The Morgan fingerprint density at radius 1 is 1.24 bits per heavy atom. The van der Waals surface area contributed by atoms with Crippen LogP contribution in [0.5, 0.6) is 0 Å². The quantitative estimate of drug-likeness (QED) is 0.779. The summed E-state index contributed by atoms with van der Waals surface area (Å²) in [5.74, 6) is 0.425. The minimum atomic E-state index is 0.425. The maximum atomic E-state index is 4.53. The molecule has 0 unspecified atom stereocenters. The molecule has 2 heteroatoms. The van der Waals surface area contributed by atoms with Crippen LogP contribution in [0, 0.1) is 5.92 Å². The van der Waals surface area contributed by atoms with Gasteiger partial charge in [0.2, 0.25) is 0 Å². The van der Waals surface area contributed by atoms with Crippen LogP contribution in [-0.4, -0.2) is 9.78 Å². The molecule has 1 aromatic carbocycles. The van der Waals surface area contributed by atoms with E-state index in [-0.39, 0.29) is 0 Å². The van der Waals surface area contributed by atoms with E-state index in [0.717, 1.165) is 17.0 Å². The van der Waals surface area contributed by atoms with E-state index in [1.54, 1.807) is 0 Å². The molecule has 1 aromatic heterocycles. The van der Waals surface area contributed by atoms with Gasteiger partial charge in [-0.3, -0.25) is 4.68 Å². The smallest absolute Gasteiger partial charge is 0.0886 e. The van der Waals surface area contributed by atoms with Crippen molar-refractivity contribution < 1.29 is 0 Å². The van der Waals surface area contributed by atoms with Crippen LogP contribution in [0.4, 0.5) is 0 Å². The zero-order valence-electron chi connectivity index (χ0n) is 10.6. The molecular weight excluding hydrogens is 208 g/mol. The van der Waals surface area contributed by atoms with Crippen LogP contribution in [0.3, 0.4) is 0 Å². The SMILES string of the molecule is C=C(c1cc(-c2ccccc2)n(C)n1)C(C)C. The molecule has 0 saturated carbocycles. The van der Waals surface area contributed by atoms with Crippen LogP contribution in [0.1, 0.15) is 19.5 Å². The van der Waals surface area contributed by atoms with Gasteiger partial charge in [0, 0.05) is 7.05 Å². The molecule has 2 aromatic rings. The van der Waals surface area contributed by atoms with Crippen molar-refractivity contribution in [2.75, 3.05) is 0 Å². The van der Waals surface area contributed by atoms with E-state index in [2.05, 4.69) is 43.7 Å². The van der Waals surface area contributed by atoms with Gasteiger partial charge in [-0.1, -0.05) is 50.8 Å². The molecule has 2 nitrogen and oxygen atoms in total. The first-order chi connectivity index (χ1) is 8.09. The predicted octanol–water partition coefficient (Wildman–Crippen LogP) is 3.76. The van der Waals surface area contributed by atoms with E-state index >= 15 is 0 Å². The van der Waals surface area contributed by atoms with Crippen molar-refractivity contribution in [3.63, 3.8) is 0 Å². The molecule has 0 aliphatic heterocycles. The molecule has 0 aliphatic carbocycles. The van der Waals surface area contributed by atoms with E-state index < -0.39 is 0 Å². The van der Waals surface area contributed by atoms with Gasteiger partial charge in [-0.15, -0.1) is 0 Å². The fraction of sp³-hybridized carbons (Fsp3) is 0.267. The average molecular weight is 226 g/mol. The minimum absolute atomic E-state index is 0.425. The van der Waals surface area contributed by atoms with Gasteiger partial charge in [0.05, 0.1) is 11.4 Å². The molecule has 17 heavy (non-hydrogen) atoms. The highest BCUT2D eigenvalue weighted by Gasteiger charge is 2.11. The highest BCUT2D eigenvalue weighted by molar-refractivity contribution is 5.68. The second-order valence-electron chi connectivity index (χ2n) is 4.58. The van der Waals surface area contributed by atoms with E-state index in [1.807, 2.05) is 29.9 Å². The molecule has 0 saturated heterocycles. The van der Waals surface area contributed by atoms with Crippen molar-refractivity contribution in [1.29, 1.82) is 0 Å². The van der Waals surface area contributed by atoms with Crippen molar-refractivity contribution in [3.8, 4) is 11.3 Å². The second-order valence-corrected chi connectivity index (χ2v) is 4.58. The highest BCUT2D eigenvalue weighted by atomic mass is 15.3. The molecule has 88 valence electrons. The first kappa shape index (κ1) is 11.6. The Morgan fingerprint density at radius 2 is 1.88 bits per heavy atom. The first-order valence-corrected chi connectivity index (χ1v) is 5.88. The van der Waals surface area contributed by atoms with Crippen molar-refractivity contribution in [2.45, 2.75) is 13.8 Å². The largest absolute Gasteiger partial charge is 0.267 e. The maximum absolute atomic E-state index is 4.53. The van der Waals surface area contributed by atoms with E-state index in [9.17, 15) is 0 Å². The van der Waals surface area contributed by atoms with Crippen LogP contribution < -0.4 is 0 Å². The summed E-state index contributed by atoms with van der Waals surface area (Å²) < 4.78 is 1.91. The first-order valence-electron chi connectivity index (χ1n) is 5.88. The summed E-state index contributed by atoms with van der Waals surface area (Å²) in [5.41, 5.74) is 4.39. The number of allylic oxidation sites excluding steroid dienone is 1. The number of hydrogen-bond donors (Lipinski definition) is 0. The molecule has 2 rings (SSSR count). The Hall–Kier alpha value is -1.83. The molecule has 0 bridgehead atoms. The standard InChI is InChI=1S/C15H18N2/c1-11(2)12(3)14-10-15(17(4)16-14)13-8-6-5-7-9-13/h5-11H,3H2,1-2,4H3. The Balaban J connectivity index is 2.42. The molecule has 0 radical (unpaired) electrons. The van der Waals surface area contributed by atoms with Crippen molar-refractivity contribution >= 4 is 5.57 Å². The zero-order chi connectivity index (χ0) is 12.4. The Morgan fingerprint density at radius 3 is 2.47 bits per heavy atom. The predicted molar refractivity (Wildman–Crippen MR) is 72.5 cm³/mol. The van der Waals surface area contributed by atoms with E-state index in [1.165, 1.54) is 5.56 Å². The maximum Gasteiger partial charge on any atom is 0.0886 e. The molecule has 0 N–H and O–H groups in total. The van der Waals surface area contributed by atoms with Crippen LogP contribution in [0.2, 0.25) is 0 Å². The lowest BCUT2D eigenvalue weighted by Crippen LogP contribution is -1.96. The van der Waals surface area contributed by atoms with Crippen LogP contribution in [-0.2, 0) is 7.05 Å². The van der Waals surface area contributed by atoms with E-state index in [4.69, 9.17) is 0 Å². The summed E-state index contributed by atoms with van der Waals surface area (Å²) >= 11 is 0. The van der Waals surface area contributed by atoms with Crippen molar-refractivity contribution in [1.82, 2.24) is 9.78 Å². The van der Waals surface area contributed by atoms with Gasteiger partial charge in [-0.25, -0.2) is 0 Å². The number of rotatable bonds is 3. The van der Waals surface area contributed by atoms with Gasteiger partial charge in [0.25, 0.3) is 0 Å². The summed E-state index contributed by atoms with van der Waals surface area (Å²) in [6.07, 6.45) is 0. The monoisotopic (exact) mass is 226 g/mol. The number of aryl methyl sites for hydroxylation is 1. The third kappa shape index (κ3) is 2.31. The third-order valence-corrected chi connectivity index (χ3v) is 2.98. The summed E-state index contributed by atoms with van der Waals surface area (Å²) in [5, 5.41) is 4.53. The summed E-state index contributed by atoms with van der Waals surface area (Å²) in [7, 11) is 1.97. The Kier molecular flexibility index (Phi) is 3.14. The van der Waals surface area contributed by atoms with E-state index in [0.29, 0.717) is 5.92 Å². The number of aromatic nitrogens is 2. The summed E-state index contributed by atoms with van der Waals surface area (Å²) in [4.78, 5) is 0. The van der Waals surface area contributed by atoms with Gasteiger partial charge in [-0.05, 0) is 23.1 Å². The topological polar surface area (TPSA) is 17.8 Å². The molecule has 0 atom stereocenters. The van der Waals surface area contributed by atoms with Gasteiger partial charge >= 0.3 is 0 Å². The lowest BCUT2D eigenvalue weighted by atomic mass is 10.0. The molecule has 1 heterocycles. The summed E-state index contributed by atoms with van der Waals surface area (Å²) in [6, 6.07) is 12.4. The Bertz CT molecular complexity index is 521. The lowest BCUT2D eigenvalue weighted by Gasteiger charge is -2.04. The average Bonchev–Trinajstić information content (AvgIpc) is 2.71. The number of benzene rings is 1. The van der Waals surface area contributed by atoms with Crippen molar-refractivity contribution in [2.24, 2.45) is 13.0 Å².